The number of carbonyl (C=O) groups excluding carboxylic acids is 1. The van der Waals surface area contributed by atoms with Crippen LogP contribution in [0.4, 0.5) is 0 Å². The smallest absolute Gasteiger partial charge is 0.339 e. The minimum Gasteiger partial charge on any atom is -0.489 e. The van der Waals surface area contributed by atoms with Crippen molar-refractivity contribution < 1.29 is 13.9 Å². The summed E-state index contributed by atoms with van der Waals surface area (Å²) < 4.78 is 11.5. The van der Waals surface area contributed by atoms with Gasteiger partial charge in [-0.2, -0.15) is 0 Å². The van der Waals surface area contributed by atoms with Crippen LogP contribution in [0.15, 0.2) is 57.5 Å². The Hall–Kier alpha value is -3.41. The maximum atomic E-state index is 12.7. The van der Waals surface area contributed by atoms with E-state index in [4.69, 9.17) is 9.15 Å². The van der Waals surface area contributed by atoms with Crippen LogP contribution in [-0.2, 0) is 17.8 Å². The molecular formula is C25H28N2O4. The third kappa shape index (κ3) is 5.60. The van der Waals surface area contributed by atoms with Crippen molar-refractivity contribution in [2.45, 2.75) is 47.1 Å². The summed E-state index contributed by atoms with van der Waals surface area (Å²) in [6.07, 6.45) is 5.92. The van der Waals surface area contributed by atoms with E-state index in [-0.39, 0.29) is 12.3 Å². The quantitative estimate of drug-likeness (QED) is 0.431. The molecule has 2 heterocycles. The molecule has 0 spiro atoms. The van der Waals surface area contributed by atoms with Crippen LogP contribution in [-0.4, -0.2) is 17.5 Å². The largest absolute Gasteiger partial charge is 0.489 e. The van der Waals surface area contributed by atoms with E-state index >= 15 is 0 Å². The summed E-state index contributed by atoms with van der Waals surface area (Å²) in [6.45, 7) is 8.68. The molecule has 162 valence electrons. The highest BCUT2D eigenvalue weighted by molar-refractivity contribution is 5.85. The minimum absolute atomic E-state index is 0.123. The van der Waals surface area contributed by atoms with Crippen LogP contribution in [0.3, 0.4) is 0 Å². The van der Waals surface area contributed by atoms with Crippen molar-refractivity contribution >= 4 is 16.9 Å². The molecule has 3 rings (SSSR count). The van der Waals surface area contributed by atoms with Gasteiger partial charge in [0.15, 0.2) is 0 Å². The van der Waals surface area contributed by atoms with Crippen molar-refractivity contribution in [2.75, 3.05) is 6.61 Å². The standard InChI is InChI=1S/C25H28N2O4/c1-16(2)11-13-30-22-9-7-20-17(3)21(25(29)31-24(20)18(22)4)8-10-23(28)27-15-19-6-5-12-26-14-19/h5-7,9,11-12,14H,8,10,13,15H2,1-4H3,(H,27,28). The Kier molecular flexibility index (Phi) is 7.23. The summed E-state index contributed by atoms with van der Waals surface area (Å²) in [6, 6.07) is 7.53. The SMILES string of the molecule is CC(C)=CCOc1ccc2c(C)c(CCC(=O)NCc3cccnc3)c(=O)oc2c1C. The number of fused-ring (bicyclic) bond motifs is 1. The number of hydrogen-bond acceptors (Lipinski definition) is 5. The first-order valence-electron chi connectivity index (χ1n) is 10.3. The molecule has 6 heteroatoms. The third-order valence-corrected chi connectivity index (χ3v) is 5.20. The van der Waals surface area contributed by atoms with Crippen molar-refractivity contribution in [1.82, 2.24) is 10.3 Å². The number of rotatable bonds is 8. The van der Waals surface area contributed by atoms with Crippen LogP contribution in [0.5, 0.6) is 5.75 Å². The van der Waals surface area contributed by atoms with E-state index in [9.17, 15) is 9.59 Å². The molecule has 0 aliphatic rings. The van der Waals surface area contributed by atoms with E-state index in [1.165, 1.54) is 5.57 Å². The molecule has 1 N–H and O–H groups in total. The fourth-order valence-electron chi connectivity index (χ4n) is 3.34. The second-order valence-electron chi connectivity index (χ2n) is 7.79. The molecule has 0 bridgehead atoms. The molecular weight excluding hydrogens is 392 g/mol. The molecule has 0 radical (unpaired) electrons. The summed E-state index contributed by atoms with van der Waals surface area (Å²) in [5.41, 5.74) is 4.38. The summed E-state index contributed by atoms with van der Waals surface area (Å²) in [7, 11) is 0. The Labute approximate surface area is 182 Å². The third-order valence-electron chi connectivity index (χ3n) is 5.20. The van der Waals surface area contributed by atoms with Crippen molar-refractivity contribution in [3.05, 3.63) is 81.0 Å². The number of nitrogens with one attached hydrogen (secondary N) is 1. The molecule has 31 heavy (non-hydrogen) atoms. The first kappa shape index (κ1) is 22.3. The van der Waals surface area contributed by atoms with Gasteiger partial charge in [0, 0.05) is 41.9 Å². The number of carbonyl (C=O) groups is 1. The Morgan fingerprint density at radius 2 is 2.00 bits per heavy atom. The van der Waals surface area contributed by atoms with E-state index in [0.717, 1.165) is 22.1 Å². The van der Waals surface area contributed by atoms with Crippen LogP contribution < -0.4 is 15.7 Å². The Bertz CT molecular complexity index is 1160. The number of pyridine rings is 1. The van der Waals surface area contributed by atoms with Gasteiger partial charge >= 0.3 is 5.63 Å². The Morgan fingerprint density at radius 3 is 2.71 bits per heavy atom. The fraction of sp³-hybridized carbons (Fsp3) is 0.320. The van der Waals surface area contributed by atoms with Crippen molar-refractivity contribution in [1.29, 1.82) is 0 Å². The maximum absolute atomic E-state index is 12.7. The summed E-state index contributed by atoms with van der Waals surface area (Å²) >= 11 is 0. The van der Waals surface area contributed by atoms with E-state index < -0.39 is 5.63 Å². The molecule has 0 atom stereocenters. The molecule has 0 fully saturated rings. The molecule has 2 aromatic heterocycles. The first-order valence-corrected chi connectivity index (χ1v) is 10.3. The zero-order valence-corrected chi connectivity index (χ0v) is 18.5. The summed E-state index contributed by atoms with van der Waals surface area (Å²) in [4.78, 5) is 28.9. The molecule has 0 unspecified atom stereocenters. The lowest BCUT2D eigenvalue weighted by atomic mass is 10.00. The first-order chi connectivity index (χ1) is 14.9. The van der Waals surface area contributed by atoms with Gasteiger partial charge in [-0.25, -0.2) is 4.79 Å². The minimum atomic E-state index is -0.408. The van der Waals surface area contributed by atoms with Gasteiger partial charge in [0.1, 0.15) is 17.9 Å². The predicted molar refractivity (Wildman–Crippen MR) is 121 cm³/mol. The van der Waals surface area contributed by atoms with Gasteiger partial charge in [0.2, 0.25) is 5.91 Å². The lowest BCUT2D eigenvalue weighted by molar-refractivity contribution is -0.121. The zero-order valence-electron chi connectivity index (χ0n) is 18.5. The second-order valence-corrected chi connectivity index (χ2v) is 7.79. The van der Waals surface area contributed by atoms with Gasteiger partial charge in [-0.05, 0) is 69.5 Å². The van der Waals surface area contributed by atoms with Gasteiger partial charge in [-0.3, -0.25) is 9.78 Å². The van der Waals surface area contributed by atoms with Crippen LogP contribution in [0.25, 0.3) is 11.0 Å². The highest BCUT2D eigenvalue weighted by atomic mass is 16.5. The number of aryl methyl sites for hydroxylation is 2. The number of amides is 1. The lowest BCUT2D eigenvalue weighted by Gasteiger charge is -2.13. The molecule has 0 aliphatic heterocycles. The van der Waals surface area contributed by atoms with Crippen LogP contribution >= 0.6 is 0 Å². The van der Waals surface area contributed by atoms with Gasteiger partial charge in [0.05, 0.1) is 0 Å². The number of ether oxygens (including phenoxy) is 1. The second kappa shape index (κ2) is 10.1. The molecule has 3 aromatic rings. The fourth-order valence-corrected chi connectivity index (χ4v) is 3.34. The van der Waals surface area contributed by atoms with Gasteiger partial charge < -0.3 is 14.5 Å². The molecule has 6 nitrogen and oxygen atoms in total. The van der Waals surface area contributed by atoms with Crippen LogP contribution in [0.2, 0.25) is 0 Å². The Morgan fingerprint density at radius 1 is 1.19 bits per heavy atom. The highest BCUT2D eigenvalue weighted by Crippen LogP contribution is 2.29. The van der Waals surface area contributed by atoms with Crippen LogP contribution in [0, 0.1) is 13.8 Å². The van der Waals surface area contributed by atoms with E-state index in [1.54, 1.807) is 12.4 Å². The molecule has 0 saturated carbocycles. The molecule has 1 amide bonds. The van der Waals surface area contributed by atoms with Crippen molar-refractivity contribution in [3.63, 3.8) is 0 Å². The molecule has 0 saturated heterocycles. The maximum Gasteiger partial charge on any atom is 0.339 e. The van der Waals surface area contributed by atoms with Gasteiger partial charge in [0.25, 0.3) is 0 Å². The molecule has 1 aromatic carbocycles. The monoisotopic (exact) mass is 420 g/mol. The number of benzene rings is 1. The van der Waals surface area contributed by atoms with Gasteiger partial charge in [-0.15, -0.1) is 0 Å². The van der Waals surface area contributed by atoms with Crippen LogP contribution in [0.1, 0.15) is 42.5 Å². The number of aromatic nitrogens is 1. The number of allylic oxidation sites excluding steroid dienone is 1. The van der Waals surface area contributed by atoms with E-state index in [2.05, 4.69) is 10.3 Å². The number of nitrogens with zero attached hydrogens (tertiary/aromatic N) is 1. The van der Waals surface area contributed by atoms with Crippen molar-refractivity contribution in [3.8, 4) is 5.75 Å². The summed E-state index contributed by atoms with van der Waals surface area (Å²) in [5.74, 6) is 0.567. The number of hydrogen-bond donors (Lipinski definition) is 1. The lowest BCUT2D eigenvalue weighted by Crippen LogP contribution is -2.24. The summed E-state index contributed by atoms with van der Waals surface area (Å²) in [5, 5.41) is 3.72. The van der Waals surface area contributed by atoms with E-state index in [0.29, 0.717) is 36.5 Å². The molecule has 0 aliphatic carbocycles. The van der Waals surface area contributed by atoms with Crippen molar-refractivity contribution in [2.24, 2.45) is 0 Å². The van der Waals surface area contributed by atoms with E-state index in [1.807, 2.05) is 58.0 Å². The highest BCUT2D eigenvalue weighted by Gasteiger charge is 2.16. The Balaban J connectivity index is 1.73. The average molecular weight is 421 g/mol. The normalized spacial score (nSPS) is 10.7. The predicted octanol–water partition coefficient (Wildman–Crippen LogP) is 4.40. The topological polar surface area (TPSA) is 81.4 Å². The van der Waals surface area contributed by atoms with Gasteiger partial charge in [-0.1, -0.05) is 11.6 Å². The average Bonchev–Trinajstić information content (AvgIpc) is 2.74. The zero-order chi connectivity index (χ0) is 22.4.